The quantitative estimate of drug-likeness (QED) is 0.232. The number of carbonyl (C=O) groups is 3. The van der Waals surface area contributed by atoms with E-state index in [1.807, 2.05) is 39.0 Å². The molecule has 4 aromatic rings. The summed E-state index contributed by atoms with van der Waals surface area (Å²) in [7, 11) is 0. The molecular weight excluding hydrogens is 608 g/mol. The molecule has 1 atom stereocenters. The van der Waals surface area contributed by atoms with Crippen molar-refractivity contribution in [3.05, 3.63) is 95.3 Å². The Morgan fingerprint density at radius 3 is 2.09 bits per heavy atom. The van der Waals surface area contributed by atoms with Gasteiger partial charge in [-0.3, -0.25) is 14.4 Å². The van der Waals surface area contributed by atoms with E-state index in [0.717, 1.165) is 40.1 Å². The second-order valence-corrected chi connectivity index (χ2v) is 11.1. The number of aromatic nitrogens is 4. The number of Topliss-reactive ketones (excluding diaryl/α,β-unsaturated/α-hetero) is 1. The molecule has 1 aliphatic carbocycles. The third-order valence-corrected chi connectivity index (χ3v) is 8.80. The molecule has 2 N–H and O–H groups in total. The van der Waals surface area contributed by atoms with Crippen LogP contribution in [0.2, 0.25) is 0 Å². The van der Waals surface area contributed by atoms with Gasteiger partial charge in [0.25, 0.3) is 0 Å². The number of hydrogen-bond acceptors (Lipinski definition) is 3. The molecule has 44 heavy (non-hydrogen) atoms. The summed E-state index contributed by atoms with van der Waals surface area (Å²) in [5.74, 6) is -4.35. The van der Waals surface area contributed by atoms with E-state index in [1.54, 1.807) is 13.0 Å². The van der Waals surface area contributed by atoms with Gasteiger partial charge in [0.2, 0.25) is 0 Å². The minimum atomic E-state index is -1.50. The molecule has 10 heteroatoms. The third kappa shape index (κ3) is 4.57. The SMILES string of the molecule is C=Cc1c(C)/c2[n-]/c1=C\c1[n-]c(c(CC)c1C)/C=c1\[n-]c3c(c1C)C(=O)C(C(=O)O)C=3c1[n-]c(c(C)c1CCC(=O)O)\C=2.[Cu]. The molecule has 0 spiro atoms. The zero-order valence-electron chi connectivity index (χ0n) is 24.9. The zero-order valence-corrected chi connectivity index (χ0v) is 25.9. The van der Waals surface area contributed by atoms with Crippen LogP contribution in [-0.2, 0) is 39.5 Å². The van der Waals surface area contributed by atoms with Crippen LogP contribution in [0.4, 0.5) is 0 Å². The van der Waals surface area contributed by atoms with E-state index in [4.69, 9.17) is 19.9 Å². The molecule has 1 unspecified atom stereocenters. The maximum Gasteiger partial charge on any atom is 0.318 e. The van der Waals surface area contributed by atoms with Gasteiger partial charge in [-0.05, 0) is 46.1 Å². The summed E-state index contributed by atoms with van der Waals surface area (Å²) >= 11 is 0. The van der Waals surface area contributed by atoms with E-state index in [1.165, 1.54) is 0 Å². The first kappa shape index (κ1) is 30.9. The molecule has 9 nitrogen and oxygen atoms in total. The summed E-state index contributed by atoms with van der Waals surface area (Å²) in [5.41, 5.74) is 8.44. The van der Waals surface area contributed by atoms with E-state index in [-0.39, 0.29) is 46.4 Å². The van der Waals surface area contributed by atoms with E-state index >= 15 is 0 Å². The van der Waals surface area contributed by atoms with Gasteiger partial charge in [0, 0.05) is 29.1 Å². The molecule has 0 saturated carbocycles. The number of fused-ring (bicyclic) bond motifs is 8. The van der Waals surface area contributed by atoms with Crippen LogP contribution >= 0.6 is 0 Å². The molecule has 0 amide bonds. The predicted octanol–water partition coefficient (Wildman–Crippen LogP) is 0.865. The van der Waals surface area contributed by atoms with Crippen molar-refractivity contribution in [3.8, 4) is 0 Å². The van der Waals surface area contributed by atoms with Gasteiger partial charge in [-0.25, -0.2) is 0 Å². The maximum absolute atomic E-state index is 13.7. The first-order valence-electron chi connectivity index (χ1n) is 14.2. The van der Waals surface area contributed by atoms with Crippen LogP contribution in [-0.4, -0.2) is 27.9 Å². The number of carboxylic acids is 2. The third-order valence-electron chi connectivity index (χ3n) is 8.80. The van der Waals surface area contributed by atoms with Crippen molar-refractivity contribution in [3.63, 3.8) is 0 Å². The summed E-state index contributed by atoms with van der Waals surface area (Å²) in [4.78, 5) is 57.5. The van der Waals surface area contributed by atoms with Crippen LogP contribution in [0.5, 0.6) is 0 Å². The van der Waals surface area contributed by atoms with Gasteiger partial charge in [-0.1, -0.05) is 76.8 Å². The second kappa shape index (κ2) is 11.2. The monoisotopic (exact) mass is 637 g/mol. The van der Waals surface area contributed by atoms with E-state index in [2.05, 4.69) is 13.5 Å². The Labute approximate surface area is 263 Å². The Hall–Kier alpha value is -4.53. The minimum Gasteiger partial charge on any atom is -0.657 e. The zero-order chi connectivity index (χ0) is 30.9. The van der Waals surface area contributed by atoms with Gasteiger partial charge in [-0.15, -0.1) is 44.2 Å². The fraction of sp³-hybridized carbons (Fsp3) is 0.265. The number of ketones is 1. The van der Waals surface area contributed by atoms with Crippen molar-refractivity contribution in [1.82, 2.24) is 19.9 Å². The smallest absolute Gasteiger partial charge is 0.318 e. The van der Waals surface area contributed by atoms with Crippen LogP contribution in [0.15, 0.2) is 6.58 Å². The Kier molecular flexibility index (Phi) is 7.86. The minimum absolute atomic E-state index is 0. The molecule has 4 aromatic heterocycles. The van der Waals surface area contributed by atoms with Crippen LogP contribution in [0.25, 0.3) is 29.9 Å². The van der Waals surface area contributed by atoms with Crippen molar-refractivity contribution < 1.29 is 41.7 Å². The summed E-state index contributed by atoms with van der Waals surface area (Å²) in [6, 6.07) is 0. The molecule has 1 radical (unpaired) electrons. The maximum atomic E-state index is 13.7. The van der Waals surface area contributed by atoms with Crippen molar-refractivity contribution in [2.24, 2.45) is 5.92 Å². The molecule has 0 aromatic carbocycles. The van der Waals surface area contributed by atoms with E-state index in [9.17, 15) is 24.6 Å². The van der Waals surface area contributed by atoms with Crippen molar-refractivity contribution in [1.29, 1.82) is 0 Å². The fourth-order valence-electron chi connectivity index (χ4n) is 6.44. The normalized spacial score (nSPS) is 17.2. The Morgan fingerprint density at radius 1 is 0.841 bits per heavy atom. The molecule has 0 fully saturated rings. The summed E-state index contributed by atoms with van der Waals surface area (Å²) in [5, 5.41) is 21.9. The molecule has 5 heterocycles. The Bertz CT molecular complexity index is 2170. The van der Waals surface area contributed by atoms with Gasteiger partial charge in [0.15, 0.2) is 5.78 Å². The summed E-state index contributed by atoms with van der Waals surface area (Å²) in [6.45, 7) is 13.6. The molecule has 231 valence electrons. The van der Waals surface area contributed by atoms with Crippen molar-refractivity contribution >= 4 is 47.6 Å². The average molecular weight is 638 g/mol. The topological polar surface area (TPSA) is 148 Å². The molecule has 1 aliphatic heterocycles. The number of carbonyl (C=O) groups excluding carboxylic acids is 1. The fourth-order valence-corrected chi connectivity index (χ4v) is 6.44. The Morgan fingerprint density at radius 2 is 1.45 bits per heavy atom. The number of rotatable bonds is 6. The first-order valence-corrected chi connectivity index (χ1v) is 14.2. The number of aliphatic carboxylic acids is 2. The van der Waals surface area contributed by atoms with Crippen LogP contribution < -0.4 is 41.3 Å². The molecule has 2 aliphatic rings. The summed E-state index contributed by atoms with van der Waals surface area (Å²) < 4.78 is 0. The van der Waals surface area contributed by atoms with E-state index < -0.39 is 23.6 Å². The first-order chi connectivity index (χ1) is 20.5. The van der Waals surface area contributed by atoms with Crippen molar-refractivity contribution in [2.75, 3.05) is 0 Å². The predicted molar refractivity (Wildman–Crippen MR) is 161 cm³/mol. The van der Waals surface area contributed by atoms with Gasteiger partial charge in [0.1, 0.15) is 5.92 Å². The standard InChI is InChI=1S/C34H33N4O5.Cu/c1-7-18-14(3)21-11-23-16(5)20(9-10-27(39)40)31(37-23)29-30(34(42)43)33(41)28-17(6)24(38-32(28)29)13-26-19(8-2)15(4)22(36-26)12-25(18)35-21;/h7,11-13,30H,1,8-10H2,2-6H3,(H5-,35,36,37,38,39,40,41,42,43);/q-1;/p-3/b21-11-,22-12?,23-11?,24-13-,25-12-,26-13?,31-29?;. The molecule has 6 rings (SSSR count). The van der Waals surface area contributed by atoms with Gasteiger partial charge in [-0.2, -0.15) is 0 Å². The van der Waals surface area contributed by atoms with Crippen LogP contribution in [0.3, 0.4) is 0 Å². The van der Waals surface area contributed by atoms with Crippen LogP contribution in [0.1, 0.15) is 85.4 Å². The second-order valence-electron chi connectivity index (χ2n) is 11.1. The van der Waals surface area contributed by atoms with Crippen LogP contribution in [0, 0.1) is 33.6 Å². The summed E-state index contributed by atoms with van der Waals surface area (Å²) in [6.07, 6.45) is 8.03. The number of carboxylic acid groups (broad SMARTS) is 2. The van der Waals surface area contributed by atoms with Gasteiger partial charge < -0.3 is 30.1 Å². The largest absolute Gasteiger partial charge is 0.657 e. The number of nitrogens with zero attached hydrogens (tertiary/aromatic N) is 4. The van der Waals surface area contributed by atoms with Gasteiger partial charge in [0.05, 0.1) is 0 Å². The van der Waals surface area contributed by atoms with Crippen molar-refractivity contribution in [2.45, 2.75) is 53.9 Å². The molecule has 0 saturated heterocycles. The average Bonchev–Trinajstić information content (AvgIpc) is 3.68. The number of hydrogen-bond donors (Lipinski definition) is 2. The van der Waals surface area contributed by atoms with E-state index in [0.29, 0.717) is 44.1 Å². The van der Waals surface area contributed by atoms with Gasteiger partial charge >= 0.3 is 11.9 Å². The Balaban J connectivity index is 0.00000384. The molecular formula is C34H30CuN4O5-4. The molecule has 8 bridgehead atoms.